The summed E-state index contributed by atoms with van der Waals surface area (Å²) in [4.78, 5) is 0. The Bertz CT molecular complexity index is 284. The Balaban J connectivity index is 2.48. The lowest BCUT2D eigenvalue weighted by molar-refractivity contribution is 0.174. The Labute approximate surface area is 91.7 Å². The molecule has 0 radical (unpaired) electrons. The highest BCUT2D eigenvalue weighted by molar-refractivity contribution is 7.87. The molecule has 1 rings (SSSR count). The summed E-state index contributed by atoms with van der Waals surface area (Å²) < 4.78 is 27.5. The first-order chi connectivity index (χ1) is 6.92. The van der Waals surface area contributed by atoms with Gasteiger partial charge >= 0.3 is 0 Å². The second kappa shape index (κ2) is 5.25. The fourth-order valence-electron chi connectivity index (χ4n) is 1.82. The molecule has 0 spiro atoms. The lowest BCUT2D eigenvalue weighted by Gasteiger charge is -2.20. The van der Waals surface area contributed by atoms with Gasteiger partial charge in [-0.15, -0.1) is 0 Å². The van der Waals surface area contributed by atoms with Crippen LogP contribution in [0.5, 0.6) is 0 Å². The largest absolute Gasteiger partial charge is 0.393 e. The molecule has 1 aliphatic heterocycles. The molecule has 2 unspecified atom stereocenters. The van der Waals surface area contributed by atoms with Crippen LogP contribution in [0.4, 0.5) is 0 Å². The van der Waals surface area contributed by atoms with Crippen molar-refractivity contribution in [2.45, 2.75) is 45.3 Å². The van der Waals surface area contributed by atoms with Gasteiger partial charge in [0.15, 0.2) is 0 Å². The van der Waals surface area contributed by atoms with E-state index in [1.807, 2.05) is 0 Å². The third kappa shape index (κ3) is 4.06. The van der Waals surface area contributed by atoms with Crippen molar-refractivity contribution >= 4 is 10.2 Å². The molecular weight excluding hydrogens is 216 g/mol. The molecule has 1 fully saturated rings. The van der Waals surface area contributed by atoms with E-state index in [0.717, 1.165) is 12.8 Å². The minimum atomic E-state index is -3.33. The molecule has 0 amide bonds. The predicted molar refractivity (Wildman–Crippen MR) is 58.6 cm³/mol. The summed E-state index contributed by atoms with van der Waals surface area (Å²) in [6, 6.07) is -0.226. The van der Waals surface area contributed by atoms with E-state index in [1.165, 1.54) is 4.31 Å². The molecule has 2 atom stereocenters. The van der Waals surface area contributed by atoms with Crippen molar-refractivity contribution in [3.05, 3.63) is 0 Å². The van der Waals surface area contributed by atoms with E-state index in [2.05, 4.69) is 4.72 Å². The summed E-state index contributed by atoms with van der Waals surface area (Å²) in [7, 11) is -3.33. The summed E-state index contributed by atoms with van der Waals surface area (Å²) in [6.45, 7) is 4.63. The summed E-state index contributed by atoms with van der Waals surface area (Å²) in [5, 5.41) is 9.14. The molecule has 0 aromatic heterocycles. The van der Waals surface area contributed by atoms with E-state index >= 15 is 0 Å². The highest BCUT2D eigenvalue weighted by Gasteiger charge is 2.26. The SMILES string of the molecule is CC(O)CC(C)NS(=O)(=O)N1CCCC1. The average Bonchev–Trinajstić information content (AvgIpc) is 2.51. The van der Waals surface area contributed by atoms with Crippen LogP contribution >= 0.6 is 0 Å². The fourth-order valence-corrected chi connectivity index (χ4v) is 3.31. The summed E-state index contributed by atoms with van der Waals surface area (Å²) in [6.07, 6.45) is 1.83. The van der Waals surface area contributed by atoms with E-state index in [-0.39, 0.29) is 6.04 Å². The summed E-state index contributed by atoms with van der Waals surface area (Å²) in [5.74, 6) is 0. The minimum Gasteiger partial charge on any atom is -0.393 e. The Morgan fingerprint density at radius 2 is 1.87 bits per heavy atom. The van der Waals surface area contributed by atoms with Gasteiger partial charge < -0.3 is 5.11 Å². The van der Waals surface area contributed by atoms with Crippen LogP contribution in [-0.4, -0.2) is 43.1 Å². The van der Waals surface area contributed by atoms with Gasteiger partial charge in [0.25, 0.3) is 10.2 Å². The molecular formula is C9H20N2O3S. The number of aliphatic hydroxyl groups excluding tert-OH is 1. The third-order valence-electron chi connectivity index (χ3n) is 2.45. The van der Waals surface area contributed by atoms with Crippen molar-refractivity contribution in [3.8, 4) is 0 Å². The quantitative estimate of drug-likeness (QED) is 0.710. The Morgan fingerprint density at radius 3 is 2.33 bits per heavy atom. The Morgan fingerprint density at radius 1 is 1.33 bits per heavy atom. The van der Waals surface area contributed by atoms with Gasteiger partial charge in [0.1, 0.15) is 0 Å². The number of nitrogens with zero attached hydrogens (tertiary/aromatic N) is 1. The van der Waals surface area contributed by atoms with Gasteiger partial charge in [-0.2, -0.15) is 17.4 Å². The maximum atomic E-state index is 11.8. The van der Waals surface area contributed by atoms with Gasteiger partial charge in [-0.1, -0.05) is 0 Å². The molecule has 6 heteroatoms. The first-order valence-corrected chi connectivity index (χ1v) is 6.81. The number of rotatable bonds is 5. The zero-order chi connectivity index (χ0) is 11.5. The second-order valence-corrected chi connectivity index (χ2v) is 5.92. The zero-order valence-corrected chi connectivity index (χ0v) is 10.1. The highest BCUT2D eigenvalue weighted by atomic mass is 32.2. The maximum Gasteiger partial charge on any atom is 0.279 e. The minimum absolute atomic E-state index is 0.226. The molecule has 1 aliphatic rings. The van der Waals surface area contributed by atoms with Crippen LogP contribution in [0.2, 0.25) is 0 Å². The van der Waals surface area contributed by atoms with Crippen molar-refractivity contribution in [1.82, 2.24) is 9.03 Å². The molecule has 1 saturated heterocycles. The smallest absolute Gasteiger partial charge is 0.279 e. The van der Waals surface area contributed by atoms with Crippen molar-refractivity contribution in [2.75, 3.05) is 13.1 Å². The zero-order valence-electron chi connectivity index (χ0n) is 9.31. The Kier molecular flexibility index (Phi) is 4.51. The van der Waals surface area contributed by atoms with Crippen molar-refractivity contribution < 1.29 is 13.5 Å². The van der Waals surface area contributed by atoms with E-state index in [0.29, 0.717) is 19.5 Å². The van der Waals surface area contributed by atoms with Crippen LogP contribution in [-0.2, 0) is 10.2 Å². The van der Waals surface area contributed by atoms with Crippen LogP contribution in [0.15, 0.2) is 0 Å². The first kappa shape index (κ1) is 12.9. The highest BCUT2D eigenvalue weighted by Crippen LogP contribution is 2.12. The molecule has 1 heterocycles. The first-order valence-electron chi connectivity index (χ1n) is 5.37. The van der Waals surface area contributed by atoms with Gasteiger partial charge in [0, 0.05) is 19.1 Å². The maximum absolute atomic E-state index is 11.8. The van der Waals surface area contributed by atoms with Crippen LogP contribution < -0.4 is 4.72 Å². The molecule has 2 N–H and O–H groups in total. The van der Waals surface area contributed by atoms with Gasteiger partial charge in [-0.25, -0.2) is 0 Å². The van der Waals surface area contributed by atoms with Gasteiger partial charge in [0.05, 0.1) is 6.10 Å². The van der Waals surface area contributed by atoms with Gasteiger partial charge in [-0.3, -0.25) is 0 Å². The van der Waals surface area contributed by atoms with Gasteiger partial charge in [0.2, 0.25) is 0 Å². The molecule has 90 valence electrons. The lowest BCUT2D eigenvalue weighted by Crippen LogP contribution is -2.43. The predicted octanol–water partition coefficient (Wildman–Crippen LogP) is 0.0760. The number of hydrogen-bond acceptors (Lipinski definition) is 3. The standard InChI is InChI=1S/C9H20N2O3S/c1-8(7-9(2)12)10-15(13,14)11-5-3-4-6-11/h8-10,12H,3-7H2,1-2H3. The van der Waals surface area contributed by atoms with Crippen molar-refractivity contribution in [1.29, 1.82) is 0 Å². The number of nitrogens with one attached hydrogen (secondary N) is 1. The molecule has 0 bridgehead atoms. The number of hydrogen-bond donors (Lipinski definition) is 2. The average molecular weight is 236 g/mol. The van der Waals surface area contributed by atoms with Crippen LogP contribution in [0.3, 0.4) is 0 Å². The number of aliphatic hydroxyl groups is 1. The third-order valence-corrected chi connectivity index (χ3v) is 4.19. The Hall–Kier alpha value is -0.170. The van der Waals surface area contributed by atoms with E-state index < -0.39 is 16.3 Å². The van der Waals surface area contributed by atoms with E-state index in [4.69, 9.17) is 5.11 Å². The second-order valence-electron chi connectivity index (χ2n) is 4.21. The molecule has 0 aromatic carbocycles. The molecule has 0 aliphatic carbocycles. The molecule has 5 nitrogen and oxygen atoms in total. The fraction of sp³-hybridized carbons (Fsp3) is 1.00. The van der Waals surface area contributed by atoms with Crippen molar-refractivity contribution in [2.24, 2.45) is 0 Å². The topological polar surface area (TPSA) is 69.6 Å². The lowest BCUT2D eigenvalue weighted by atomic mass is 10.2. The van der Waals surface area contributed by atoms with Crippen LogP contribution in [0.25, 0.3) is 0 Å². The summed E-state index contributed by atoms with van der Waals surface area (Å²) in [5.41, 5.74) is 0. The molecule has 0 saturated carbocycles. The summed E-state index contributed by atoms with van der Waals surface area (Å²) >= 11 is 0. The monoisotopic (exact) mass is 236 g/mol. The van der Waals surface area contributed by atoms with Crippen LogP contribution in [0.1, 0.15) is 33.1 Å². The van der Waals surface area contributed by atoms with E-state index in [9.17, 15) is 8.42 Å². The molecule has 15 heavy (non-hydrogen) atoms. The van der Waals surface area contributed by atoms with Crippen LogP contribution in [0, 0.1) is 0 Å². The van der Waals surface area contributed by atoms with Gasteiger partial charge in [-0.05, 0) is 33.1 Å². The molecule has 0 aromatic rings. The van der Waals surface area contributed by atoms with Crippen molar-refractivity contribution in [3.63, 3.8) is 0 Å². The van der Waals surface area contributed by atoms with E-state index in [1.54, 1.807) is 13.8 Å². The normalized spacial score (nSPS) is 22.9.